The number of benzene rings is 2. The number of carbonyl (C=O) groups excluding carboxylic acids is 2. The molecule has 27 heavy (non-hydrogen) atoms. The molecule has 0 aromatic heterocycles. The fourth-order valence-corrected chi connectivity index (χ4v) is 3.56. The monoisotopic (exact) mass is 474 g/mol. The van der Waals surface area contributed by atoms with Gasteiger partial charge in [0.25, 0.3) is 15.9 Å². The van der Waals surface area contributed by atoms with Crippen LogP contribution < -0.4 is 10.0 Å². The van der Waals surface area contributed by atoms with Gasteiger partial charge in [-0.05, 0) is 49.4 Å². The minimum atomic E-state index is -3.95. The number of likely N-dealkylation sites (N-methyl/N-ethyl adjacent to an activating group) is 1. The van der Waals surface area contributed by atoms with E-state index in [0.717, 1.165) is 10.5 Å². The van der Waals surface area contributed by atoms with Crippen molar-refractivity contribution >= 4 is 55.1 Å². The van der Waals surface area contributed by atoms with Crippen molar-refractivity contribution in [2.45, 2.75) is 11.8 Å². The molecule has 0 bridgehead atoms. The van der Waals surface area contributed by atoms with Gasteiger partial charge in [-0.1, -0.05) is 27.5 Å². The molecular formula is C17H16BrClN2O5S. The highest BCUT2D eigenvalue weighted by atomic mass is 79.9. The topological polar surface area (TPSA) is 102 Å². The Morgan fingerprint density at radius 1 is 1.15 bits per heavy atom. The third-order valence-corrected chi connectivity index (χ3v) is 5.51. The van der Waals surface area contributed by atoms with Gasteiger partial charge in [0.2, 0.25) is 0 Å². The van der Waals surface area contributed by atoms with Crippen LogP contribution in [0.15, 0.2) is 51.8 Å². The first-order chi connectivity index (χ1) is 12.7. The zero-order chi connectivity index (χ0) is 20.0. The Morgan fingerprint density at radius 2 is 1.81 bits per heavy atom. The smallest absolute Gasteiger partial charge is 0.340 e. The molecule has 144 valence electrons. The van der Waals surface area contributed by atoms with Gasteiger partial charge in [-0.2, -0.15) is 0 Å². The summed E-state index contributed by atoms with van der Waals surface area (Å²) < 4.78 is 33.2. The number of hydrogen-bond acceptors (Lipinski definition) is 5. The van der Waals surface area contributed by atoms with E-state index >= 15 is 0 Å². The van der Waals surface area contributed by atoms with E-state index in [2.05, 4.69) is 26.0 Å². The molecule has 0 fully saturated rings. The zero-order valence-corrected chi connectivity index (χ0v) is 17.3. The van der Waals surface area contributed by atoms with Crippen LogP contribution in [0.25, 0.3) is 0 Å². The first-order valence-corrected chi connectivity index (χ1v) is 10.4. The van der Waals surface area contributed by atoms with Gasteiger partial charge in [0, 0.05) is 16.7 Å². The summed E-state index contributed by atoms with van der Waals surface area (Å²) in [6.45, 7) is 1.63. The largest absolute Gasteiger partial charge is 0.452 e. The second-order valence-corrected chi connectivity index (χ2v) is 8.29. The van der Waals surface area contributed by atoms with Gasteiger partial charge >= 0.3 is 5.97 Å². The van der Waals surface area contributed by atoms with E-state index in [-0.39, 0.29) is 15.5 Å². The zero-order valence-electron chi connectivity index (χ0n) is 14.2. The Bertz CT molecular complexity index is 948. The van der Waals surface area contributed by atoms with Crippen LogP contribution in [0.4, 0.5) is 5.69 Å². The maximum absolute atomic E-state index is 12.5. The van der Waals surface area contributed by atoms with Crippen molar-refractivity contribution < 1.29 is 22.7 Å². The van der Waals surface area contributed by atoms with Crippen molar-refractivity contribution in [3.8, 4) is 0 Å². The molecule has 0 aliphatic heterocycles. The molecule has 0 aliphatic carbocycles. The molecule has 0 aliphatic rings. The molecule has 0 saturated heterocycles. The minimum Gasteiger partial charge on any atom is -0.452 e. The highest BCUT2D eigenvalue weighted by Crippen LogP contribution is 2.24. The summed E-state index contributed by atoms with van der Waals surface area (Å²) >= 11 is 9.24. The summed E-state index contributed by atoms with van der Waals surface area (Å²) in [6.07, 6.45) is 0. The lowest BCUT2D eigenvalue weighted by Crippen LogP contribution is -2.28. The molecule has 0 radical (unpaired) electrons. The third kappa shape index (κ3) is 5.95. The standard InChI is InChI=1S/C17H16BrClN2O5S/c1-2-20-16(22)10-26-17(23)14-9-13(7-8-15(14)19)27(24,25)21-12-5-3-11(18)4-6-12/h3-9,21H,2,10H2,1H3,(H,20,22). The highest BCUT2D eigenvalue weighted by Gasteiger charge is 2.20. The van der Waals surface area contributed by atoms with Crippen molar-refractivity contribution in [1.82, 2.24) is 5.32 Å². The fourth-order valence-electron chi connectivity index (χ4n) is 2.02. The lowest BCUT2D eigenvalue weighted by Gasteiger charge is -2.11. The van der Waals surface area contributed by atoms with E-state index in [1.54, 1.807) is 31.2 Å². The van der Waals surface area contributed by atoms with Crippen LogP contribution >= 0.6 is 27.5 Å². The average molecular weight is 476 g/mol. The van der Waals surface area contributed by atoms with E-state index in [0.29, 0.717) is 12.2 Å². The molecule has 0 spiro atoms. The van der Waals surface area contributed by atoms with Gasteiger partial charge in [-0.25, -0.2) is 13.2 Å². The number of anilines is 1. The van der Waals surface area contributed by atoms with Crippen LogP contribution in [0.5, 0.6) is 0 Å². The number of nitrogens with one attached hydrogen (secondary N) is 2. The van der Waals surface area contributed by atoms with Gasteiger partial charge in [-0.3, -0.25) is 9.52 Å². The molecule has 1 amide bonds. The summed E-state index contributed by atoms with van der Waals surface area (Å²) in [6, 6.07) is 10.2. The van der Waals surface area contributed by atoms with Crippen molar-refractivity contribution in [1.29, 1.82) is 0 Å². The number of hydrogen-bond donors (Lipinski definition) is 2. The van der Waals surface area contributed by atoms with Crippen LogP contribution in [-0.2, 0) is 19.6 Å². The van der Waals surface area contributed by atoms with Gasteiger partial charge in [0.1, 0.15) is 0 Å². The normalized spacial score (nSPS) is 10.9. The maximum Gasteiger partial charge on any atom is 0.340 e. The van der Waals surface area contributed by atoms with Gasteiger partial charge in [0.15, 0.2) is 6.61 Å². The number of esters is 1. The van der Waals surface area contributed by atoms with E-state index < -0.39 is 28.5 Å². The number of halogens is 2. The molecule has 0 saturated carbocycles. The molecule has 2 N–H and O–H groups in total. The van der Waals surface area contributed by atoms with E-state index in [1.807, 2.05) is 0 Å². The molecule has 2 rings (SSSR count). The summed E-state index contributed by atoms with van der Waals surface area (Å²) in [7, 11) is -3.95. The molecule has 0 heterocycles. The van der Waals surface area contributed by atoms with E-state index in [4.69, 9.17) is 16.3 Å². The number of sulfonamides is 1. The SMILES string of the molecule is CCNC(=O)COC(=O)c1cc(S(=O)(=O)Nc2ccc(Br)cc2)ccc1Cl. The highest BCUT2D eigenvalue weighted by molar-refractivity contribution is 9.10. The molecule has 2 aromatic rings. The Balaban J connectivity index is 2.20. The second-order valence-electron chi connectivity index (χ2n) is 5.28. The Kier molecular flexibility index (Phi) is 7.23. The van der Waals surface area contributed by atoms with Crippen LogP contribution in [0.3, 0.4) is 0 Å². The molecule has 10 heteroatoms. The average Bonchev–Trinajstić information content (AvgIpc) is 2.62. The van der Waals surface area contributed by atoms with E-state index in [9.17, 15) is 18.0 Å². The van der Waals surface area contributed by atoms with Gasteiger partial charge in [0.05, 0.1) is 15.5 Å². The predicted octanol–water partition coefficient (Wildman–Crippen LogP) is 3.20. The van der Waals surface area contributed by atoms with Crippen molar-refractivity contribution in [3.05, 3.63) is 57.5 Å². The molecule has 7 nitrogen and oxygen atoms in total. The lowest BCUT2D eigenvalue weighted by atomic mass is 10.2. The molecular weight excluding hydrogens is 460 g/mol. The lowest BCUT2D eigenvalue weighted by molar-refractivity contribution is -0.124. The summed E-state index contributed by atoms with van der Waals surface area (Å²) in [5.41, 5.74) is 0.202. The van der Waals surface area contributed by atoms with Crippen molar-refractivity contribution in [2.24, 2.45) is 0 Å². The maximum atomic E-state index is 12.5. The van der Waals surface area contributed by atoms with Crippen LogP contribution in [-0.4, -0.2) is 33.4 Å². The predicted molar refractivity (Wildman–Crippen MR) is 105 cm³/mol. The molecule has 0 unspecified atom stereocenters. The van der Waals surface area contributed by atoms with Crippen LogP contribution in [0.2, 0.25) is 5.02 Å². The summed E-state index contributed by atoms with van der Waals surface area (Å²) in [5.74, 6) is -1.37. The fraction of sp³-hybridized carbons (Fsp3) is 0.176. The van der Waals surface area contributed by atoms with Crippen LogP contribution in [0, 0.1) is 0 Å². The number of rotatable bonds is 7. The van der Waals surface area contributed by atoms with Crippen molar-refractivity contribution in [2.75, 3.05) is 17.9 Å². The quantitative estimate of drug-likeness (QED) is 0.599. The van der Waals surface area contributed by atoms with E-state index in [1.165, 1.54) is 12.1 Å². The van der Waals surface area contributed by atoms with Crippen LogP contribution in [0.1, 0.15) is 17.3 Å². The third-order valence-electron chi connectivity index (χ3n) is 3.27. The first-order valence-electron chi connectivity index (χ1n) is 7.74. The molecule has 2 aromatic carbocycles. The number of amides is 1. The Hall–Kier alpha value is -2.10. The minimum absolute atomic E-state index is 0.0125. The number of carbonyl (C=O) groups is 2. The summed E-state index contributed by atoms with van der Waals surface area (Å²) in [4.78, 5) is 23.4. The van der Waals surface area contributed by atoms with Crippen molar-refractivity contribution in [3.63, 3.8) is 0 Å². The molecule has 0 atom stereocenters. The second kappa shape index (κ2) is 9.20. The first kappa shape index (κ1) is 21.2. The Morgan fingerprint density at radius 3 is 2.44 bits per heavy atom. The van der Waals surface area contributed by atoms with Gasteiger partial charge in [-0.15, -0.1) is 0 Å². The number of ether oxygens (including phenoxy) is 1. The van der Waals surface area contributed by atoms with Gasteiger partial charge < -0.3 is 10.1 Å². The summed E-state index contributed by atoms with van der Waals surface area (Å²) in [5, 5.41) is 2.49. The Labute approximate surface area is 170 Å².